The van der Waals surface area contributed by atoms with Gasteiger partial charge < -0.3 is 9.80 Å². The zero-order chi connectivity index (χ0) is 16.6. The van der Waals surface area contributed by atoms with Crippen molar-refractivity contribution in [2.24, 2.45) is 5.92 Å². The van der Waals surface area contributed by atoms with Gasteiger partial charge in [0.2, 0.25) is 5.91 Å². The highest BCUT2D eigenvalue weighted by molar-refractivity contribution is 5.94. The van der Waals surface area contributed by atoms with Crippen LogP contribution in [0.4, 0.5) is 0 Å². The van der Waals surface area contributed by atoms with E-state index in [2.05, 4.69) is 20.8 Å². The van der Waals surface area contributed by atoms with Gasteiger partial charge in [-0.05, 0) is 36.0 Å². The fourth-order valence-electron chi connectivity index (χ4n) is 3.01. The van der Waals surface area contributed by atoms with Gasteiger partial charge >= 0.3 is 0 Å². The van der Waals surface area contributed by atoms with Crippen molar-refractivity contribution < 1.29 is 9.59 Å². The minimum atomic E-state index is 0.0731. The molecule has 0 radical (unpaired) electrons. The molecule has 1 saturated carbocycles. The van der Waals surface area contributed by atoms with Gasteiger partial charge in [0.25, 0.3) is 5.91 Å². The maximum absolute atomic E-state index is 12.6. The first-order valence-corrected chi connectivity index (χ1v) is 8.55. The topological polar surface area (TPSA) is 40.6 Å². The van der Waals surface area contributed by atoms with Gasteiger partial charge in [-0.15, -0.1) is 0 Å². The van der Waals surface area contributed by atoms with Crippen LogP contribution in [-0.2, 0) is 10.2 Å². The molecule has 3 rings (SSSR count). The summed E-state index contributed by atoms with van der Waals surface area (Å²) in [6, 6.07) is 7.93. The molecule has 0 N–H and O–H groups in total. The fraction of sp³-hybridized carbons (Fsp3) is 0.579. The Morgan fingerprint density at radius 3 is 1.91 bits per heavy atom. The van der Waals surface area contributed by atoms with Gasteiger partial charge in [0, 0.05) is 37.7 Å². The van der Waals surface area contributed by atoms with Crippen molar-refractivity contribution in [3.8, 4) is 0 Å². The summed E-state index contributed by atoms with van der Waals surface area (Å²) in [5.74, 6) is 0.623. The number of amides is 2. The molecule has 1 aliphatic carbocycles. The van der Waals surface area contributed by atoms with E-state index in [4.69, 9.17) is 0 Å². The first-order chi connectivity index (χ1) is 10.9. The lowest BCUT2D eigenvalue weighted by Gasteiger charge is -2.35. The zero-order valence-electron chi connectivity index (χ0n) is 14.3. The number of piperazine rings is 1. The first kappa shape index (κ1) is 16.0. The van der Waals surface area contributed by atoms with Crippen molar-refractivity contribution in [2.75, 3.05) is 26.2 Å². The fourth-order valence-corrected chi connectivity index (χ4v) is 3.01. The normalized spacial score (nSPS) is 18.9. The molecule has 4 nitrogen and oxygen atoms in total. The standard InChI is InChI=1S/C19H26N2O2/c1-19(2,3)16-8-6-15(7-9-16)18(23)21-12-10-20(11-13-21)17(22)14-4-5-14/h6-9,14H,4-5,10-13H2,1-3H3. The highest BCUT2D eigenvalue weighted by atomic mass is 16.2. The van der Waals surface area contributed by atoms with Crippen LogP contribution in [0.1, 0.15) is 49.5 Å². The largest absolute Gasteiger partial charge is 0.339 e. The molecule has 0 aromatic heterocycles. The van der Waals surface area contributed by atoms with Crippen molar-refractivity contribution in [3.05, 3.63) is 35.4 Å². The molecule has 0 atom stereocenters. The predicted octanol–water partition coefficient (Wildman–Crippen LogP) is 2.68. The van der Waals surface area contributed by atoms with Crippen LogP contribution >= 0.6 is 0 Å². The number of benzene rings is 1. The third kappa shape index (κ3) is 3.57. The Kier molecular flexibility index (Phi) is 4.17. The molecule has 0 spiro atoms. The third-order valence-corrected chi connectivity index (χ3v) is 4.80. The van der Waals surface area contributed by atoms with Gasteiger partial charge in [-0.25, -0.2) is 0 Å². The molecule has 1 heterocycles. The number of hydrogen-bond acceptors (Lipinski definition) is 2. The summed E-state index contributed by atoms with van der Waals surface area (Å²) < 4.78 is 0. The van der Waals surface area contributed by atoms with Crippen LogP contribution in [-0.4, -0.2) is 47.8 Å². The molecule has 4 heteroatoms. The van der Waals surface area contributed by atoms with E-state index in [-0.39, 0.29) is 23.1 Å². The number of carbonyl (C=O) groups is 2. The smallest absolute Gasteiger partial charge is 0.253 e. The van der Waals surface area contributed by atoms with E-state index < -0.39 is 0 Å². The van der Waals surface area contributed by atoms with Crippen molar-refractivity contribution in [3.63, 3.8) is 0 Å². The zero-order valence-corrected chi connectivity index (χ0v) is 14.3. The Morgan fingerprint density at radius 2 is 1.43 bits per heavy atom. The van der Waals surface area contributed by atoms with E-state index in [9.17, 15) is 9.59 Å². The summed E-state index contributed by atoms with van der Waals surface area (Å²) in [4.78, 5) is 28.5. The Bertz CT molecular complexity index is 589. The predicted molar refractivity (Wildman–Crippen MR) is 90.3 cm³/mol. The SMILES string of the molecule is CC(C)(C)c1ccc(C(=O)N2CCN(C(=O)C3CC3)CC2)cc1. The summed E-state index contributed by atoms with van der Waals surface area (Å²) in [5, 5.41) is 0. The highest BCUT2D eigenvalue weighted by Crippen LogP contribution is 2.31. The molecule has 2 fully saturated rings. The lowest BCUT2D eigenvalue weighted by Crippen LogP contribution is -2.51. The molecule has 2 amide bonds. The minimum Gasteiger partial charge on any atom is -0.339 e. The van der Waals surface area contributed by atoms with Gasteiger partial charge in [0.15, 0.2) is 0 Å². The second kappa shape index (κ2) is 5.99. The van der Waals surface area contributed by atoms with Gasteiger partial charge in [-0.1, -0.05) is 32.9 Å². The average Bonchev–Trinajstić information content (AvgIpc) is 3.38. The number of carbonyl (C=O) groups excluding carboxylic acids is 2. The van der Waals surface area contributed by atoms with Crippen molar-refractivity contribution in [1.29, 1.82) is 0 Å². The monoisotopic (exact) mass is 314 g/mol. The molecule has 1 aromatic carbocycles. The Balaban J connectivity index is 1.59. The molecule has 23 heavy (non-hydrogen) atoms. The van der Waals surface area contributed by atoms with Crippen molar-refractivity contribution >= 4 is 11.8 Å². The van der Waals surface area contributed by atoms with E-state index >= 15 is 0 Å². The summed E-state index contributed by atoms with van der Waals surface area (Å²) >= 11 is 0. The Labute approximate surface area is 138 Å². The van der Waals surface area contributed by atoms with E-state index in [0.29, 0.717) is 26.2 Å². The summed E-state index contributed by atoms with van der Waals surface area (Å²) in [6.07, 6.45) is 2.08. The summed E-state index contributed by atoms with van der Waals surface area (Å²) in [5.41, 5.74) is 2.06. The molecular formula is C19H26N2O2. The lowest BCUT2D eigenvalue weighted by atomic mass is 9.86. The van der Waals surface area contributed by atoms with Crippen LogP contribution in [0.5, 0.6) is 0 Å². The molecule has 1 aromatic rings. The molecule has 0 bridgehead atoms. The first-order valence-electron chi connectivity index (χ1n) is 8.55. The van der Waals surface area contributed by atoms with Gasteiger partial charge in [-0.2, -0.15) is 0 Å². The lowest BCUT2D eigenvalue weighted by molar-refractivity contribution is -0.134. The van der Waals surface area contributed by atoms with Crippen LogP contribution in [0.3, 0.4) is 0 Å². The molecular weight excluding hydrogens is 288 g/mol. The highest BCUT2D eigenvalue weighted by Gasteiger charge is 2.35. The Morgan fingerprint density at radius 1 is 0.913 bits per heavy atom. The van der Waals surface area contributed by atoms with Crippen molar-refractivity contribution in [1.82, 2.24) is 9.80 Å². The van der Waals surface area contributed by atoms with Gasteiger partial charge in [0.1, 0.15) is 0 Å². The van der Waals surface area contributed by atoms with Crippen LogP contribution in [0, 0.1) is 5.92 Å². The summed E-state index contributed by atoms with van der Waals surface area (Å²) in [6.45, 7) is 9.11. The van der Waals surface area contributed by atoms with E-state index in [0.717, 1.165) is 18.4 Å². The molecule has 0 unspecified atom stereocenters. The number of nitrogens with zero attached hydrogens (tertiary/aromatic N) is 2. The van der Waals surface area contributed by atoms with Crippen LogP contribution in [0.25, 0.3) is 0 Å². The number of rotatable bonds is 2. The third-order valence-electron chi connectivity index (χ3n) is 4.80. The maximum Gasteiger partial charge on any atom is 0.253 e. The van der Waals surface area contributed by atoms with Crippen molar-refractivity contribution in [2.45, 2.75) is 39.0 Å². The number of hydrogen-bond donors (Lipinski definition) is 0. The quantitative estimate of drug-likeness (QED) is 0.842. The van der Waals surface area contributed by atoms with E-state index in [1.807, 2.05) is 34.1 Å². The molecule has 124 valence electrons. The van der Waals surface area contributed by atoms with Gasteiger partial charge in [-0.3, -0.25) is 9.59 Å². The second-order valence-electron chi connectivity index (χ2n) is 7.72. The van der Waals surface area contributed by atoms with E-state index in [1.165, 1.54) is 5.56 Å². The van der Waals surface area contributed by atoms with Crippen LogP contribution in [0.15, 0.2) is 24.3 Å². The average molecular weight is 314 g/mol. The van der Waals surface area contributed by atoms with Gasteiger partial charge in [0.05, 0.1) is 0 Å². The molecule has 1 saturated heterocycles. The summed E-state index contributed by atoms with van der Waals surface area (Å²) in [7, 11) is 0. The Hall–Kier alpha value is -1.84. The second-order valence-corrected chi connectivity index (χ2v) is 7.72. The van der Waals surface area contributed by atoms with E-state index in [1.54, 1.807) is 0 Å². The molecule has 1 aliphatic heterocycles. The van der Waals surface area contributed by atoms with Crippen LogP contribution < -0.4 is 0 Å². The minimum absolute atomic E-state index is 0.0731. The van der Waals surface area contributed by atoms with Crippen LogP contribution in [0.2, 0.25) is 0 Å². The maximum atomic E-state index is 12.6. The molecule has 2 aliphatic rings.